The van der Waals surface area contributed by atoms with Crippen LogP contribution in [0.2, 0.25) is 0 Å². The van der Waals surface area contributed by atoms with Gasteiger partial charge in [0.15, 0.2) is 0 Å². The largest absolute Gasteiger partial charge is 0.462 e. The Morgan fingerprint density at radius 1 is 1.05 bits per heavy atom. The van der Waals surface area contributed by atoms with Gasteiger partial charge >= 0.3 is 5.97 Å². The van der Waals surface area contributed by atoms with Crippen LogP contribution in [0.5, 0.6) is 0 Å². The van der Waals surface area contributed by atoms with Crippen LogP contribution in [0.4, 0.5) is 0 Å². The van der Waals surface area contributed by atoms with Crippen molar-refractivity contribution in [1.82, 2.24) is 0 Å². The number of carbonyl (C=O) groups excluding carboxylic acids is 1. The second kappa shape index (κ2) is 12.2. The zero-order valence-corrected chi connectivity index (χ0v) is 26.6. The van der Waals surface area contributed by atoms with Crippen molar-refractivity contribution in [3.63, 3.8) is 0 Å². The van der Waals surface area contributed by atoms with Crippen molar-refractivity contribution in [2.75, 3.05) is 0 Å². The molecule has 2 nitrogen and oxygen atoms in total. The highest BCUT2D eigenvalue weighted by molar-refractivity contribution is 6.59. The molecular formula is C33H49Cl3O2. The van der Waals surface area contributed by atoms with Gasteiger partial charge < -0.3 is 4.74 Å². The number of allylic oxidation sites excluding steroid dienone is 3. The fourth-order valence-corrected chi connectivity index (χ4v) is 9.58. The van der Waals surface area contributed by atoms with Gasteiger partial charge in [-0.3, -0.25) is 4.79 Å². The summed E-state index contributed by atoms with van der Waals surface area (Å²) in [6.07, 6.45) is 18.3. The molecule has 0 heterocycles. The van der Waals surface area contributed by atoms with Gasteiger partial charge in [0, 0.05) is 6.42 Å². The van der Waals surface area contributed by atoms with E-state index in [0.29, 0.717) is 23.2 Å². The number of fused-ring (bicyclic) bond motifs is 5. The number of hydrogen-bond acceptors (Lipinski definition) is 2. The van der Waals surface area contributed by atoms with E-state index < -0.39 is 0 Å². The molecule has 0 spiro atoms. The molecule has 0 aliphatic heterocycles. The van der Waals surface area contributed by atoms with Gasteiger partial charge in [-0.2, -0.15) is 0 Å². The maximum Gasteiger partial charge on any atom is 0.311 e. The predicted octanol–water partition coefficient (Wildman–Crippen LogP) is 10.6. The third-order valence-corrected chi connectivity index (χ3v) is 12.5. The summed E-state index contributed by atoms with van der Waals surface area (Å²) in [5, 5.41) is 0.147. The lowest BCUT2D eigenvalue weighted by Gasteiger charge is -2.58. The van der Waals surface area contributed by atoms with Crippen LogP contribution in [0.25, 0.3) is 0 Å². The summed E-state index contributed by atoms with van der Waals surface area (Å²) in [6, 6.07) is 0. The quantitative estimate of drug-likeness (QED) is 0.210. The minimum absolute atomic E-state index is 0.0625. The average Bonchev–Trinajstić information content (AvgIpc) is 3.21. The summed E-state index contributed by atoms with van der Waals surface area (Å²) in [6.45, 7) is 14.7. The molecular weight excluding hydrogens is 535 g/mol. The van der Waals surface area contributed by atoms with E-state index in [-0.39, 0.29) is 33.4 Å². The highest BCUT2D eigenvalue weighted by atomic mass is 35.5. The Morgan fingerprint density at radius 2 is 1.79 bits per heavy atom. The summed E-state index contributed by atoms with van der Waals surface area (Å²) in [5.41, 5.74) is 2.21. The van der Waals surface area contributed by atoms with Gasteiger partial charge in [0.2, 0.25) is 0 Å². The van der Waals surface area contributed by atoms with E-state index in [1.54, 1.807) is 0 Å². The molecule has 0 amide bonds. The molecule has 0 saturated heterocycles. The molecule has 0 unspecified atom stereocenters. The summed E-state index contributed by atoms with van der Waals surface area (Å²) in [4.78, 5) is 12.4. The molecule has 0 N–H and O–H groups in total. The molecule has 9 atom stereocenters. The monoisotopic (exact) mass is 582 g/mol. The smallest absolute Gasteiger partial charge is 0.311 e. The number of ether oxygens (including phenoxy) is 1. The van der Waals surface area contributed by atoms with Gasteiger partial charge in [-0.15, -0.1) is 0 Å². The molecule has 3 fully saturated rings. The molecule has 5 heteroatoms. The summed E-state index contributed by atoms with van der Waals surface area (Å²) in [7, 11) is 0. The Labute approximate surface area is 247 Å². The minimum atomic E-state index is -0.344. The fourth-order valence-electron chi connectivity index (χ4n) is 9.34. The molecule has 0 radical (unpaired) electrons. The van der Waals surface area contributed by atoms with Gasteiger partial charge in [0.1, 0.15) is 10.6 Å². The zero-order chi connectivity index (χ0) is 27.8. The number of esters is 1. The first-order valence-corrected chi connectivity index (χ1v) is 16.3. The van der Waals surface area contributed by atoms with E-state index in [9.17, 15) is 4.79 Å². The van der Waals surface area contributed by atoms with E-state index in [1.165, 1.54) is 44.1 Å². The molecule has 38 heavy (non-hydrogen) atoms. The van der Waals surface area contributed by atoms with E-state index in [0.717, 1.165) is 42.9 Å². The van der Waals surface area contributed by atoms with Crippen LogP contribution in [0.3, 0.4) is 0 Å². The SMILES string of the molecule is CC[C@H](/C=C/[C@@H](C)[C@H]1CC[C@@H]2[C@@H]3CC=C4C[C@@H](OC(=O)CC(Cl)=C(Cl)Cl)CC[C@]4(C)[C@@H]3CC[C@@]21C)C(C)C. The number of carbonyl (C=O) groups is 1. The molecule has 0 bridgehead atoms. The molecule has 3 saturated carbocycles. The molecule has 214 valence electrons. The Balaban J connectivity index is 1.44. The van der Waals surface area contributed by atoms with E-state index in [4.69, 9.17) is 39.5 Å². The number of halogens is 3. The summed E-state index contributed by atoms with van der Waals surface area (Å²) >= 11 is 17.4. The van der Waals surface area contributed by atoms with Crippen LogP contribution in [0, 0.1) is 52.3 Å². The average molecular weight is 584 g/mol. The topological polar surface area (TPSA) is 26.3 Å². The Morgan fingerprint density at radius 3 is 2.45 bits per heavy atom. The van der Waals surface area contributed by atoms with Gasteiger partial charge in [-0.1, -0.05) is 100 Å². The van der Waals surface area contributed by atoms with Crippen molar-refractivity contribution < 1.29 is 9.53 Å². The molecule has 4 aliphatic rings. The van der Waals surface area contributed by atoms with Gasteiger partial charge in [0.25, 0.3) is 0 Å². The van der Waals surface area contributed by atoms with Gasteiger partial charge in [0.05, 0.1) is 11.5 Å². The van der Waals surface area contributed by atoms with Crippen LogP contribution < -0.4 is 0 Å². The highest BCUT2D eigenvalue weighted by Crippen LogP contribution is 2.67. The van der Waals surface area contributed by atoms with Crippen LogP contribution in [0.15, 0.2) is 33.3 Å². The fraction of sp³-hybridized carbons (Fsp3) is 0.788. The van der Waals surface area contributed by atoms with Crippen molar-refractivity contribution in [3.05, 3.63) is 33.3 Å². The summed E-state index contributed by atoms with van der Waals surface area (Å²) < 4.78 is 5.74. The normalized spacial score (nSPS) is 38.2. The first-order chi connectivity index (χ1) is 17.9. The lowest BCUT2D eigenvalue weighted by molar-refractivity contribution is -0.150. The molecule has 0 aromatic rings. The lowest BCUT2D eigenvalue weighted by Crippen LogP contribution is -2.51. The van der Waals surface area contributed by atoms with Crippen LogP contribution >= 0.6 is 34.8 Å². The second-order valence-corrected chi connectivity index (χ2v) is 15.2. The standard InChI is InChI=1S/C33H49Cl3O2/c1-7-22(20(2)3)9-8-21(4)26-12-13-27-25-11-10-23-18-24(38-30(37)19-29(34)31(35)36)14-16-32(23,5)28(25)15-17-33(26,27)6/h8-10,20-22,24-28H,7,11-19H2,1-6H3/b9-8+/t21-,22-,24+,25+,26-,27-,28-,32+,33-/m1/s1. The molecule has 4 rings (SSSR count). The number of hydrogen-bond donors (Lipinski definition) is 0. The third kappa shape index (κ3) is 5.94. The minimum Gasteiger partial charge on any atom is -0.462 e. The van der Waals surface area contributed by atoms with E-state index in [2.05, 4.69) is 59.8 Å². The van der Waals surface area contributed by atoms with Crippen LogP contribution in [0.1, 0.15) is 106 Å². The Bertz CT molecular complexity index is 963. The maximum atomic E-state index is 12.4. The maximum absolute atomic E-state index is 12.4. The van der Waals surface area contributed by atoms with E-state index >= 15 is 0 Å². The van der Waals surface area contributed by atoms with Crippen LogP contribution in [-0.4, -0.2) is 12.1 Å². The summed E-state index contributed by atoms with van der Waals surface area (Å²) in [5.74, 6) is 4.88. The van der Waals surface area contributed by atoms with E-state index in [1.807, 2.05) is 0 Å². The predicted molar refractivity (Wildman–Crippen MR) is 161 cm³/mol. The molecule has 0 aromatic carbocycles. The zero-order valence-electron chi connectivity index (χ0n) is 24.4. The third-order valence-electron chi connectivity index (χ3n) is 11.6. The highest BCUT2D eigenvalue weighted by Gasteiger charge is 2.59. The van der Waals surface area contributed by atoms with Crippen molar-refractivity contribution in [3.8, 4) is 0 Å². The van der Waals surface area contributed by atoms with Crippen LogP contribution in [-0.2, 0) is 9.53 Å². The second-order valence-electron chi connectivity index (χ2n) is 13.7. The van der Waals surface area contributed by atoms with Gasteiger partial charge in [-0.05, 0) is 104 Å². The Hall–Kier alpha value is -0.440. The number of rotatable bonds is 8. The van der Waals surface area contributed by atoms with Crippen molar-refractivity contribution >= 4 is 40.8 Å². The van der Waals surface area contributed by atoms with Gasteiger partial charge in [-0.25, -0.2) is 0 Å². The van der Waals surface area contributed by atoms with Crippen molar-refractivity contribution in [1.29, 1.82) is 0 Å². The molecule has 4 aliphatic carbocycles. The lowest BCUT2D eigenvalue weighted by atomic mass is 9.47. The molecule has 0 aromatic heterocycles. The van der Waals surface area contributed by atoms with Crippen molar-refractivity contribution in [2.24, 2.45) is 52.3 Å². The first-order valence-electron chi connectivity index (χ1n) is 15.2. The van der Waals surface area contributed by atoms with Crippen molar-refractivity contribution in [2.45, 2.75) is 112 Å². The Kier molecular flexibility index (Phi) is 9.80. The first kappa shape index (κ1) is 30.5.